The monoisotopic (exact) mass is 265 g/mol. The number of nitrogens with zero attached hydrogens (tertiary/aromatic N) is 2. The van der Waals surface area contributed by atoms with E-state index >= 15 is 0 Å². The van der Waals surface area contributed by atoms with Gasteiger partial charge >= 0.3 is 0 Å². The van der Waals surface area contributed by atoms with Crippen molar-refractivity contribution >= 4 is 0 Å². The van der Waals surface area contributed by atoms with Gasteiger partial charge in [-0.05, 0) is 39.2 Å². The Morgan fingerprint density at radius 1 is 1.53 bits per heavy atom. The standard InChI is InChI=1S/C15H27N3O/c1-4-8-16-13(12-14-17-9-10-18(14)3)15(2)7-5-6-11-19-15/h9-10,13,16H,4-8,11-12H2,1-3H3. The van der Waals surface area contributed by atoms with Gasteiger partial charge in [0.2, 0.25) is 0 Å². The molecule has 0 aromatic carbocycles. The minimum Gasteiger partial charge on any atom is -0.374 e. The second-order valence-electron chi connectivity index (χ2n) is 5.78. The average molecular weight is 265 g/mol. The third-order valence-corrected chi connectivity index (χ3v) is 4.18. The van der Waals surface area contributed by atoms with Gasteiger partial charge < -0.3 is 14.6 Å². The molecule has 0 spiro atoms. The number of nitrogens with one attached hydrogen (secondary N) is 1. The summed E-state index contributed by atoms with van der Waals surface area (Å²) in [5, 5.41) is 3.67. The van der Waals surface area contributed by atoms with Crippen LogP contribution in [0.25, 0.3) is 0 Å². The van der Waals surface area contributed by atoms with E-state index in [1.54, 1.807) is 0 Å². The molecule has 108 valence electrons. The number of imidazole rings is 1. The molecule has 1 aliphatic rings. The van der Waals surface area contributed by atoms with E-state index in [4.69, 9.17) is 4.74 Å². The fourth-order valence-corrected chi connectivity index (χ4v) is 2.83. The maximum Gasteiger partial charge on any atom is 0.110 e. The van der Waals surface area contributed by atoms with E-state index in [0.717, 1.165) is 38.2 Å². The molecule has 0 bridgehead atoms. The molecule has 1 N–H and O–H groups in total. The number of rotatable bonds is 6. The molecule has 2 atom stereocenters. The van der Waals surface area contributed by atoms with Gasteiger partial charge in [-0.25, -0.2) is 4.98 Å². The summed E-state index contributed by atoms with van der Waals surface area (Å²) < 4.78 is 8.22. The van der Waals surface area contributed by atoms with Crippen molar-refractivity contribution in [3.8, 4) is 0 Å². The lowest BCUT2D eigenvalue weighted by Crippen LogP contribution is -2.53. The quantitative estimate of drug-likeness (QED) is 0.858. The smallest absolute Gasteiger partial charge is 0.110 e. The molecular formula is C15H27N3O. The predicted molar refractivity (Wildman–Crippen MR) is 77.2 cm³/mol. The van der Waals surface area contributed by atoms with Gasteiger partial charge in [0, 0.05) is 38.5 Å². The van der Waals surface area contributed by atoms with Crippen molar-refractivity contribution in [2.75, 3.05) is 13.2 Å². The van der Waals surface area contributed by atoms with Crippen LogP contribution in [0.4, 0.5) is 0 Å². The Morgan fingerprint density at radius 3 is 2.95 bits per heavy atom. The number of hydrogen-bond donors (Lipinski definition) is 1. The van der Waals surface area contributed by atoms with Gasteiger partial charge in [0.15, 0.2) is 0 Å². The topological polar surface area (TPSA) is 39.1 Å². The number of hydrogen-bond acceptors (Lipinski definition) is 3. The largest absolute Gasteiger partial charge is 0.374 e. The Labute approximate surface area is 116 Å². The summed E-state index contributed by atoms with van der Waals surface area (Å²) in [7, 11) is 2.06. The van der Waals surface area contributed by atoms with Crippen molar-refractivity contribution in [1.82, 2.24) is 14.9 Å². The van der Waals surface area contributed by atoms with Crippen molar-refractivity contribution in [2.24, 2.45) is 7.05 Å². The predicted octanol–water partition coefficient (Wildman–Crippen LogP) is 2.29. The molecule has 1 aromatic rings. The van der Waals surface area contributed by atoms with E-state index in [1.807, 2.05) is 12.4 Å². The lowest BCUT2D eigenvalue weighted by Gasteiger charge is -2.41. The summed E-state index contributed by atoms with van der Waals surface area (Å²) in [4.78, 5) is 4.46. The summed E-state index contributed by atoms with van der Waals surface area (Å²) in [5.74, 6) is 1.13. The molecule has 2 heterocycles. The van der Waals surface area contributed by atoms with Gasteiger partial charge in [-0.1, -0.05) is 6.92 Å². The Balaban J connectivity index is 2.08. The molecule has 0 radical (unpaired) electrons. The van der Waals surface area contributed by atoms with Crippen LogP contribution < -0.4 is 5.32 Å². The highest BCUT2D eigenvalue weighted by Gasteiger charge is 2.37. The zero-order valence-corrected chi connectivity index (χ0v) is 12.5. The SMILES string of the molecule is CCCNC(Cc1nccn1C)C1(C)CCCCO1. The number of ether oxygens (including phenoxy) is 1. The van der Waals surface area contributed by atoms with Crippen LogP contribution in [0.1, 0.15) is 45.4 Å². The van der Waals surface area contributed by atoms with Crippen LogP contribution in [0.15, 0.2) is 12.4 Å². The first-order chi connectivity index (χ1) is 9.15. The normalized spacial score (nSPS) is 25.4. The zero-order valence-electron chi connectivity index (χ0n) is 12.5. The second kappa shape index (κ2) is 6.53. The van der Waals surface area contributed by atoms with Crippen LogP contribution in [0.3, 0.4) is 0 Å². The molecule has 0 amide bonds. The van der Waals surface area contributed by atoms with Crippen LogP contribution in [0.2, 0.25) is 0 Å². The summed E-state index contributed by atoms with van der Waals surface area (Å²) >= 11 is 0. The van der Waals surface area contributed by atoms with Crippen molar-refractivity contribution in [2.45, 2.75) is 57.6 Å². The first-order valence-electron chi connectivity index (χ1n) is 7.49. The van der Waals surface area contributed by atoms with Crippen LogP contribution in [0, 0.1) is 0 Å². The summed E-state index contributed by atoms with van der Waals surface area (Å²) in [6.07, 6.45) is 9.55. The minimum atomic E-state index is -0.0562. The molecular weight excluding hydrogens is 238 g/mol. The molecule has 1 saturated heterocycles. The molecule has 0 aliphatic carbocycles. The molecule has 1 aromatic heterocycles. The average Bonchev–Trinajstić information content (AvgIpc) is 2.81. The first kappa shape index (κ1) is 14.5. The summed E-state index contributed by atoms with van der Waals surface area (Å²) in [5.41, 5.74) is -0.0562. The van der Waals surface area contributed by atoms with E-state index in [1.165, 1.54) is 12.8 Å². The van der Waals surface area contributed by atoms with Crippen LogP contribution >= 0.6 is 0 Å². The second-order valence-corrected chi connectivity index (χ2v) is 5.78. The van der Waals surface area contributed by atoms with E-state index in [9.17, 15) is 0 Å². The lowest BCUT2D eigenvalue weighted by atomic mass is 9.86. The Kier molecular flexibility index (Phi) is 4.99. The van der Waals surface area contributed by atoms with Gasteiger partial charge in [0.05, 0.1) is 5.60 Å². The number of aryl methyl sites for hydroxylation is 1. The van der Waals surface area contributed by atoms with E-state index in [0.29, 0.717) is 6.04 Å². The third kappa shape index (κ3) is 3.57. The number of aromatic nitrogens is 2. The fourth-order valence-electron chi connectivity index (χ4n) is 2.83. The van der Waals surface area contributed by atoms with E-state index in [-0.39, 0.29) is 5.60 Å². The maximum atomic E-state index is 6.11. The van der Waals surface area contributed by atoms with Crippen LogP contribution in [-0.4, -0.2) is 34.3 Å². The molecule has 1 fully saturated rings. The van der Waals surface area contributed by atoms with Crippen molar-refractivity contribution in [3.63, 3.8) is 0 Å². The van der Waals surface area contributed by atoms with E-state index < -0.39 is 0 Å². The van der Waals surface area contributed by atoms with E-state index in [2.05, 4.69) is 35.8 Å². The van der Waals surface area contributed by atoms with Crippen LogP contribution in [-0.2, 0) is 18.2 Å². The lowest BCUT2D eigenvalue weighted by molar-refractivity contribution is -0.0887. The Hall–Kier alpha value is -0.870. The van der Waals surface area contributed by atoms with Crippen molar-refractivity contribution < 1.29 is 4.74 Å². The summed E-state index contributed by atoms with van der Waals surface area (Å²) in [6.45, 7) is 6.38. The highest BCUT2D eigenvalue weighted by atomic mass is 16.5. The fraction of sp³-hybridized carbons (Fsp3) is 0.800. The Bertz CT molecular complexity index is 382. The highest BCUT2D eigenvalue weighted by Crippen LogP contribution is 2.29. The molecule has 1 aliphatic heterocycles. The molecule has 4 nitrogen and oxygen atoms in total. The first-order valence-corrected chi connectivity index (χ1v) is 7.49. The highest BCUT2D eigenvalue weighted by molar-refractivity contribution is 5.01. The minimum absolute atomic E-state index is 0.0562. The van der Waals surface area contributed by atoms with Crippen molar-refractivity contribution in [3.05, 3.63) is 18.2 Å². The molecule has 19 heavy (non-hydrogen) atoms. The maximum absolute atomic E-state index is 6.11. The molecule has 4 heteroatoms. The van der Waals surface area contributed by atoms with Gasteiger partial charge in [0.25, 0.3) is 0 Å². The van der Waals surface area contributed by atoms with Gasteiger partial charge in [0.1, 0.15) is 5.82 Å². The Morgan fingerprint density at radius 2 is 2.37 bits per heavy atom. The van der Waals surface area contributed by atoms with Crippen LogP contribution in [0.5, 0.6) is 0 Å². The molecule has 2 unspecified atom stereocenters. The zero-order chi connectivity index (χ0) is 13.7. The summed E-state index contributed by atoms with van der Waals surface area (Å²) in [6, 6.07) is 0.342. The molecule has 0 saturated carbocycles. The van der Waals surface area contributed by atoms with Gasteiger partial charge in [-0.2, -0.15) is 0 Å². The van der Waals surface area contributed by atoms with Crippen molar-refractivity contribution in [1.29, 1.82) is 0 Å². The molecule has 2 rings (SSSR count). The third-order valence-electron chi connectivity index (χ3n) is 4.18. The van der Waals surface area contributed by atoms with Gasteiger partial charge in [-0.3, -0.25) is 0 Å². The van der Waals surface area contributed by atoms with Gasteiger partial charge in [-0.15, -0.1) is 0 Å².